The molecule has 29 heavy (non-hydrogen) atoms. The van der Waals surface area contributed by atoms with Crippen molar-refractivity contribution in [3.05, 3.63) is 54.2 Å². The summed E-state index contributed by atoms with van der Waals surface area (Å²) >= 11 is 0. The van der Waals surface area contributed by atoms with Crippen molar-refractivity contribution >= 4 is 11.8 Å². The maximum absolute atomic E-state index is 12.6. The second-order valence-corrected chi connectivity index (χ2v) is 7.01. The molecule has 0 aromatic carbocycles. The van der Waals surface area contributed by atoms with Crippen LogP contribution in [0, 0.1) is 17.2 Å². The Bertz CT molecular complexity index is 999. The van der Waals surface area contributed by atoms with Crippen LogP contribution >= 0.6 is 0 Å². The van der Waals surface area contributed by atoms with E-state index < -0.39 is 0 Å². The van der Waals surface area contributed by atoms with Crippen molar-refractivity contribution in [1.29, 1.82) is 5.26 Å². The smallest absolute Gasteiger partial charge is 0.266 e. The fraction of sp³-hybridized carbons (Fsp3) is 0.333. The molecule has 0 saturated carbocycles. The predicted molar refractivity (Wildman–Crippen MR) is 105 cm³/mol. The van der Waals surface area contributed by atoms with Gasteiger partial charge in [0.1, 0.15) is 6.07 Å². The van der Waals surface area contributed by atoms with Gasteiger partial charge in [-0.3, -0.25) is 9.78 Å². The highest BCUT2D eigenvalue weighted by Gasteiger charge is 2.30. The number of hydrogen-bond donors (Lipinski definition) is 1. The summed E-state index contributed by atoms with van der Waals surface area (Å²) in [5.74, 6) is 1.13. The number of carbonyl (C=O) groups is 1. The van der Waals surface area contributed by atoms with Gasteiger partial charge in [-0.15, -0.1) is 0 Å². The third-order valence-corrected chi connectivity index (χ3v) is 5.09. The van der Waals surface area contributed by atoms with Gasteiger partial charge in [0.15, 0.2) is 5.76 Å². The number of furan rings is 1. The zero-order valence-corrected chi connectivity index (χ0v) is 16.0. The van der Waals surface area contributed by atoms with Gasteiger partial charge < -0.3 is 19.1 Å². The molecule has 8 heteroatoms. The van der Waals surface area contributed by atoms with Crippen molar-refractivity contribution in [2.75, 3.05) is 18.0 Å². The Morgan fingerprint density at radius 2 is 2.14 bits per heavy atom. The van der Waals surface area contributed by atoms with Crippen LogP contribution in [-0.2, 0) is 4.79 Å². The first-order valence-electron chi connectivity index (χ1n) is 9.56. The van der Waals surface area contributed by atoms with E-state index in [1.165, 1.54) is 6.26 Å². The van der Waals surface area contributed by atoms with Crippen LogP contribution in [0.1, 0.15) is 37.2 Å². The summed E-state index contributed by atoms with van der Waals surface area (Å²) in [7, 11) is 0. The Hall–Kier alpha value is -3.60. The van der Waals surface area contributed by atoms with Gasteiger partial charge in [-0.05, 0) is 44.0 Å². The lowest BCUT2D eigenvalue weighted by molar-refractivity contribution is -0.126. The molecule has 1 fully saturated rings. The molecule has 8 nitrogen and oxygen atoms in total. The van der Waals surface area contributed by atoms with E-state index in [4.69, 9.17) is 8.83 Å². The van der Waals surface area contributed by atoms with E-state index in [0.29, 0.717) is 37.6 Å². The van der Waals surface area contributed by atoms with E-state index in [9.17, 15) is 10.1 Å². The molecule has 148 valence electrons. The number of nitrogens with one attached hydrogen (secondary N) is 1. The number of carbonyl (C=O) groups excluding carboxylic acids is 1. The molecule has 0 spiro atoms. The molecule has 1 atom stereocenters. The molecular weight excluding hydrogens is 370 g/mol. The molecule has 1 amide bonds. The number of anilines is 1. The summed E-state index contributed by atoms with van der Waals surface area (Å²) in [4.78, 5) is 23.1. The van der Waals surface area contributed by atoms with Crippen molar-refractivity contribution in [3.63, 3.8) is 0 Å². The summed E-state index contributed by atoms with van der Waals surface area (Å²) in [6, 6.07) is 11.1. The number of oxazole rings is 1. The summed E-state index contributed by atoms with van der Waals surface area (Å²) in [5.41, 5.74) is 1.06. The van der Waals surface area contributed by atoms with Crippen LogP contribution in [0.3, 0.4) is 0 Å². The van der Waals surface area contributed by atoms with E-state index >= 15 is 0 Å². The third-order valence-electron chi connectivity index (χ3n) is 5.09. The minimum absolute atomic E-state index is 0.0251. The minimum atomic E-state index is -0.142. The second-order valence-electron chi connectivity index (χ2n) is 7.01. The summed E-state index contributed by atoms with van der Waals surface area (Å²) < 4.78 is 11.1. The fourth-order valence-corrected chi connectivity index (χ4v) is 3.49. The SMILES string of the molecule is CC(NC(=O)C1CCN(c2oc(-c3ccco3)nc2C#N)CC1)c1ccccn1. The molecule has 3 aromatic rings. The quantitative estimate of drug-likeness (QED) is 0.711. The maximum Gasteiger partial charge on any atom is 0.266 e. The van der Waals surface area contributed by atoms with Gasteiger partial charge in [-0.1, -0.05) is 6.07 Å². The summed E-state index contributed by atoms with van der Waals surface area (Å²) in [6.45, 7) is 3.15. The largest absolute Gasteiger partial charge is 0.459 e. The van der Waals surface area contributed by atoms with Crippen LogP contribution in [-0.4, -0.2) is 29.0 Å². The molecular formula is C21H21N5O3. The second kappa shape index (κ2) is 8.19. The highest BCUT2D eigenvalue weighted by Crippen LogP contribution is 2.31. The molecule has 1 unspecified atom stereocenters. The Kier molecular flexibility index (Phi) is 5.29. The first-order chi connectivity index (χ1) is 14.2. The molecule has 1 aliphatic rings. The average Bonchev–Trinajstić information content (AvgIpc) is 3.44. The van der Waals surface area contributed by atoms with Gasteiger partial charge in [0.25, 0.3) is 5.89 Å². The van der Waals surface area contributed by atoms with Gasteiger partial charge in [0.2, 0.25) is 17.5 Å². The van der Waals surface area contributed by atoms with Crippen molar-refractivity contribution < 1.29 is 13.6 Å². The van der Waals surface area contributed by atoms with E-state index in [1.54, 1.807) is 18.3 Å². The Labute approximate surface area is 168 Å². The van der Waals surface area contributed by atoms with E-state index in [-0.39, 0.29) is 29.5 Å². The fourth-order valence-electron chi connectivity index (χ4n) is 3.49. The molecule has 1 aliphatic heterocycles. The van der Waals surface area contributed by atoms with E-state index in [1.807, 2.05) is 30.0 Å². The lowest BCUT2D eigenvalue weighted by atomic mass is 9.95. The van der Waals surface area contributed by atoms with Gasteiger partial charge >= 0.3 is 0 Å². The summed E-state index contributed by atoms with van der Waals surface area (Å²) in [6.07, 6.45) is 4.59. The monoisotopic (exact) mass is 391 g/mol. The first-order valence-corrected chi connectivity index (χ1v) is 9.56. The normalized spacial score (nSPS) is 15.7. The molecule has 1 saturated heterocycles. The zero-order valence-electron chi connectivity index (χ0n) is 16.0. The summed E-state index contributed by atoms with van der Waals surface area (Å²) in [5, 5.41) is 12.5. The topological polar surface area (TPSA) is 108 Å². The maximum atomic E-state index is 12.6. The van der Waals surface area contributed by atoms with Crippen molar-refractivity contribution in [2.24, 2.45) is 5.92 Å². The number of aromatic nitrogens is 2. The van der Waals surface area contributed by atoms with Crippen LogP contribution in [0.5, 0.6) is 0 Å². The van der Waals surface area contributed by atoms with Gasteiger partial charge in [0.05, 0.1) is 18.0 Å². The average molecular weight is 391 g/mol. The third kappa shape index (κ3) is 3.99. The number of amides is 1. The van der Waals surface area contributed by atoms with Gasteiger partial charge in [-0.2, -0.15) is 10.2 Å². The van der Waals surface area contributed by atoms with Crippen LogP contribution < -0.4 is 10.2 Å². The van der Waals surface area contributed by atoms with Crippen LogP contribution in [0.2, 0.25) is 0 Å². The van der Waals surface area contributed by atoms with Crippen molar-refractivity contribution in [3.8, 4) is 17.7 Å². The van der Waals surface area contributed by atoms with Crippen LogP contribution in [0.15, 0.2) is 51.6 Å². The number of pyridine rings is 1. The Morgan fingerprint density at radius 1 is 1.31 bits per heavy atom. The van der Waals surface area contributed by atoms with Crippen LogP contribution in [0.25, 0.3) is 11.7 Å². The molecule has 4 rings (SSSR count). The molecule has 0 radical (unpaired) electrons. The van der Waals surface area contributed by atoms with Gasteiger partial charge in [-0.25, -0.2) is 0 Å². The zero-order chi connectivity index (χ0) is 20.2. The number of rotatable bonds is 5. The highest BCUT2D eigenvalue weighted by atomic mass is 16.4. The molecule has 0 bridgehead atoms. The molecule has 3 aromatic heterocycles. The lowest BCUT2D eigenvalue weighted by Gasteiger charge is -2.31. The number of hydrogen-bond acceptors (Lipinski definition) is 7. The first kappa shape index (κ1) is 18.7. The number of nitriles is 1. The Morgan fingerprint density at radius 3 is 2.79 bits per heavy atom. The lowest BCUT2D eigenvalue weighted by Crippen LogP contribution is -2.41. The molecule has 4 heterocycles. The minimum Gasteiger partial charge on any atom is -0.459 e. The van der Waals surface area contributed by atoms with Crippen molar-refractivity contribution in [2.45, 2.75) is 25.8 Å². The molecule has 0 aliphatic carbocycles. The number of piperidine rings is 1. The standard InChI is InChI=1S/C21H21N5O3/c1-14(16-5-2-3-9-23-16)24-19(27)15-7-10-26(11-8-15)21-17(13-22)25-20(29-21)18-6-4-12-28-18/h2-6,9,12,14-15H,7-8,10-11H2,1H3,(H,24,27). The Balaban J connectivity index is 1.38. The van der Waals surface area contributed by atoms with Crippen LogP contribution in [0.4, 0.5) is 5.88 Å². The predicted octanol–water partition coefficient (Wildman–Crippen LogP) is 3.30. The highest BCUT2D eigenvalue weighted by molar-refractivity contribution is 5.79. The van der Waals surface area contributed by atoms with Gasteiger partial charge in [0, 0.05) is 25.2 Å². The molecule has 1 N–H and O–H groups in total. The van der Waals surface area contributed by atoms with E-state index in [2.05, 4.69) is 21.4 Å². The number of nitrogens with zero attached hydrogens (tertiary/aromatic N) is 4. The van der Waals surface area contributed by atoms with Crippen molar-refractivity contribution in [1.82, 2.24) is 15.3 Å². The van der Waals surface area contributed by atoms with E-state index in [0.717, 1.165) is 5.69 Å².